The summed E-state index contributed by atoms with van der Waals surface area (Å²) in [6, 6.07) is 12.9. The third kappa shape index (κ3) is 4.04. The van der Waals surface area contributed by atoms with Crippen LogP contribution in [0.4, 0.5) is 17.6 Å². The maximum atomic E-state index is 15.1. The molecule has 2 aromatic carbocycles. The number of benzene rings is 2. The van der Waals surface area contributed by atoms with Crippen LogP contribution in [0, 0.1) is 0 Å². The molecule has 0 aliphatic rings. The zero-order valence-electron chi connectivity index (χ0n) is 14.2. The maximum Gasteiger partial charge on any atom is 0.416 e. The molecule has 0 spiro atoms. The number of halogens is 4. The molecule has 0 saturated carbocycles. The first-order valence-corrected chi connectivity index (χ1v) is 8.05. The van der Waals surface area contributed by atoms with Crippen LogP contribution in [0.5, 0.6) is 0 Å². The van der Waals surface area contributed by atoms with Crippen molar-refractivity contribution in [3.05, 3.63) is 77.6 Å². The van der Waals surface area contributed by atoms with Gasteiger partial charge in [0.15, 0.2) is 5.76 Å². The number of aliphatic hydroxyl groups excluding tert-OH is 1. The Morgan fingerprint density at radius 2 is 1.68 bits per heavy atom. The van der Waals surface area contributed by atoms with Crippen molar-refractivity contribution in [2.75, 3.05) is 6.61 Å². The SMILES string of the molecule is O=C(N[C@@](F)(CO)c1cc(-c2ccc(C(F)(F)F)cc2)no1)c1ccccc1. The second-order valence-electron chi connectivity index (χ2n) is 5.93. The lowest BCUT2D eigenvalue weighted by Crippen LogP contribution is -2.45. The van der Waals surface area contributed by atoms with Crippen LogP contribution in [-0.2, 0) is 12.0 Å². The Balaban J connectivity index is 1.83. The molecule has 0 saturated heterocycles. The standard InChI is InChI=1S/C19H14F4N2O3/c20-18(11-26,24-17(27)13-4-2-1-3-5-13)16-10-15(25-28-16)12-6-8-14(9-7-12)19(21,22)23/h1-10,26H,11H2,(H,24,27)/t18-/m0/s1. The van der Waals surface area contributed by atoms with Gasteiger partial charge in [0.2, 0.25) is 0 Å². The summed E-state index contributed by atoms with van der Waals surface area (Å²) in [6.45, 7) is -1.13. The van der Waals surface area contributed by atoms with Crippen molar-refractivity contribution in [2.45, 2.75) is 12.0 Å². The molecule has 28 heavy (non-hydrogen) atoms. The fourth-order valence-electron chi connectivity index (χ4n) is 2.45. The van der Waals surface area contributed by atoms with Crippen LogP contribution in [0.3, 0.4) is 0 Å². The lowest BCUT2D eigenvalue weighted by atomic mass is 10.1. The fraction of sp³-hybridized carbons (Fsp3) is 0.158. The number of alkyl halides is 4. The molecule has 0 bridgehead atoms. The number of hydrogen-bond donors (Lipinski definition) is 2. The zero-order valence-corrected chi connectivity index (χ0v) is 14.2. The van der Waals surface area contributed by atoms with Gasteiger partial charge in [0.05, 0.1) is 5.56 Å². The van der Waals surface area contributed by atoms with E-state index in [9.17, 15) is 23.1 Å². The average Bonchev–Trinajstić information content (AvgIpc) is 3.19. The van der Waals surface area contributed by atoms with Gasteiger partial charge in [-0.3, -0.25) is 4.79 Å². The first kappa shape index (κ1) is 19.6. The van der Waals surface area contributed by atoms with Crippen LogP contribution in [0.1, 0.15) is 21.7 Å². The van der Waals surface area contributed by atoms with Gasteiger partial charge in [-0.2, -0.15) is 13.2 Å². The van der Waals surface area contributed by atoms with Gasteiger partial charge >= 0.3 is 6.18 Å². The highest BCUT2D eigenvalue weighted by Gasteiger charge is 2.38. The summed E-state index contributed by atoms with van der Waals surface area (Å²) in [7, 11) is 0. The van der Waals surface area contributed by atoms with Crippen molar-refractivity contribution in [3.63, 3.8) is 0 Å². The summed E-state index contributed by atoms with van der Waals surface area (Å²) in [5.74, 6) is -4.04. The first-order chi connectivity index (χ1) is 13.2. The van der Waals surface area contributed by atoms with Crippen LogP contribution >= 0.6 is 0 Å². The number of aliphatic hydroxyl groups is 1. The van der Waals surface area contributed by atoms with Gasteiger partial charge in [-0.25, -0.2) is 4.39 Å². The highest BCUT2D eigenvalue weighted by atomic mass is 19.4. The minimum absolute atomic E-state index is 0.0492. The molecular formula is C19H14F4N2O3. The van der Waals surface area contributed by atoms with E-state index < -0.39 is 35.8 Å². The van der Waals surface area contributed by atoms with Gasteiger partial charge in [0.1, 0.15) is 12.3 Å². The molecule has 3 aromatic rings. The van der Waals surface area contributed by atoms with E-state index in [-0.39, 0.29) is 16.8 Å². The third-order valence-electron chi connectivity index (χ3n) is 3.97. The average molecular weight is 394 g/mol. The Kier molecular flexibility index (Phi) is 5.19. The molecule has 0 radical (unpaired) electrons. The number of amides is 1. The molecule has 2 N–H and O–H groups in total. The molecule has 1 amide bonds. The first-order valence-electron chi connectivity index (χ1n) is 8.05. The van der Waals surface area contributed by atoms with Gasteiger partial charge in [-0.05, 0) is 24.3 Å². The molecule has 0 aliphatic heterocycles. The second kappa shape index (κ2) is 7.43. The molecule has 1 aromatic heterocycles. The number of rotatable bonds is 5. The highest BCUT2D eigenvalue weighted by molar-refractivity contribution is 5.94. The number of nitrogens with zero attached hydrogens (tertiary/aromatic N) is 1. The fourth-order valence-corrected chi connectivity index (χ4v) is 2.45. The van der Waals surface area contributed by atoms with Crippen molar-refractivity contribution < 1.29 is 32.0 Å². The molecule has 5 nitrogen and oxygen atoms in total. The molecule has 146 valence electrons. The van der Waals surface area contributed by atoms with E-state index in [0.717, 1.165) is 30.3 Å². The van der Waals surface area contributed by atoms with Crippen LogP contribution in [0.25, 0.3) is 11.3 Å². The predicted octanol–water partition coefficient (Wildman–Crippen LogP) is 3.91. The number of aromatic nitrogens is 1. The number of hydrogen-bond acceptors (Lipinski definition) is 4. The highest BCUT2D eigenvalue weighted by Crippen LogP contribution is 2.32. The number of nitrogens with one attached hydrogen (secondary N) is 1. The van der Waals surface area contributed by atoms with Crippen molar-refractivity contribution >= 4 is 5.91 Å². The van der Waals surface area contributed by atoms with E-state index in [1.54, 1.807) is 18.2 Å². The van der Waals surface area contributed by atoms with Gasteiger partial charge in [-0.1, -0.05) is 35.5 Å². The lowest BCUT2D eigenvalue weighted by molar-refractivity contribution is -0.137. The Labute approximate surface area is 156 Å². The van der Waals surface area contributed by atoms with Gasteiger partial charge in [0, 0.05) is 17.2 Å². The van der Waals surface area contributed by atoms with Crippen molar-refractivity contribution in [1.82, 2.24) is 10.5 Å². The third-order valence-corrected chi connectivity index (χ3v) is 3.97. The molecule has 0 unspecified atom stereocenters. The minimum Gasteiger partial charge on any atom is -0.391 e. The predicted molar refractivity (Wildman–Crippen MR) is 90.7 cm³/mol. The van der Waals surface area contributed by atoms with E-state index in [1.807, 2.05) is 5.32 Å². The quantitative estimate of drug-likeness (QED) is 0.508. The van der Waals surface area contributed by atoms with E-state index in [1.165, 1.54) is 12.1 Å². The van der Waals surface area contributed by atoms with Crippen molar-refractivity contribution in [3.8, 4) is 11.3 Å². The maximum absolute atomic E-state index is 15.1. The van der Waals surface area contributed by atoms with Crippen molar-refractivity contribution in [1.29, 1.82) is 0 Å². The molecule has 0 fully saturated rings. The summed E-state index contributed by atoms with van der Waals surface area (Å²) in [5, 5.41) is 15.1. The molecule has 1 heterocycles. The van der Waals surface area contributed by atoms with E-state index in [4.69, 9.17) is 4.52 Å². The van der Waals surface area contributed by atoms with E-state index in [0.29, 0.717) is 0 Å². The molecule has 3 rings (SSSR count). The van der Waals surface area contributed by atoms with E-state index in [2.05, 4.69) is 5.16 Å². The lowest BCUT2D eigenvalue weighted by Gasteiger charge is -2.21. The number of carbonyl (C=O) groups excluding carboxylic acids is 1. The molecular weight excluding hydrogens is 380 g/mol. The van der Waals surface area contributed by atoms with Crippen LogP contribution in [0.15, 0.2) is 65.2 Å². The monoisotopic (exact) mass is 394 g/mol. The van der Waals surface area contributed by atoms with Gasteiger partial charge < -0.3 is 14.9 Å². The number of carbonyl (C=O) groups is 1. The Morgan fingerprint density at radius 3 is 2.25 bits per heavy atom. The summed E-state index contributed by atoms with van der Waals surface area (Å²) in [6.07, 6.45) is -4.49. The summed E-state index contributed by atoms with van der Waals surface area (Å²) >= 11 is 0. The Bertz CT molecular complexity index is 955. The van der Waals surface area contributed by atoms with Gasteiger partial charge in [-0.15, -0.1) is 0 Å². The minimum atomic E-state index is -4.49. The van der Waals surface area contributed by atoms with E-state index >= 15 is 4.39 Å². The normalized spacial score (nSPS) is 13.8. The molecule has 0 aliphatic carbocycles. The smallest absolute Gasteiger partial charge is 0.391 e. The van der Waals surface area contributed by atoms with Crippen molar-refractivity contribution in [2.24, 2.45) is 0 Å². The zero-order chi connectivity index (χ0) is 20.4. The van der Waals surface area contributed by atoms with Crippen LogP contribution < -0.4 is 5.32 Å². The molecule has 1 atom stereocenters. The topological polar surface area (TPSA) is 75.4 Å². The Hall–Kier alpha value is -3.20. The largest absolute Gasteiger partial charge is 0.416 e. The van der Waals surface area contributed by atoms with Crippen LogP contribution in [-0.4, -0.2) is 22.8 Å². The summed E-state index contributed by atoms with van der Waals surface area (Å²) in [4.78, 5) is 12.2. The Morgan fingerprint density at radius 1 is 1.04 bits per heavy atom. The molecule has 9 heteroatoms. The van der Waals surface area contributed by atoms with Crippen LogP contribution in [0.2, 0.25) is 0 Å². The summed E-state index contributed by atoms with van der Waals surface area (Å²) in [5.41, 5.74) is -0.378. The van der Waals surface area contributed by atoms with Gasteiger partial charge in [0.25, 0.3) is 11.7 Å². The summed E-state index contributed by atoms with van der Waals surface area (Å²) < 4.78 is 57.9. The second-order valence-corrected chi connectivity index (χ2v) is 5.93.